The molecule has 8 nitrogen and oxygen atoms in total. The van der Waals surface area contributed by atoms with Gasteiger partial charge in [-0.25, -0.2) is 15.0 Å². The number of hydrogen-bond acceptors (Lipinski definition) is 5. The van der Waals surface area contributed by atoms with Crippen molar-refractivity contribution in [3.63, 3.8) is 0 Å². The van der Waals surface area contributed by atoms with Crippen LogP contribution in [0.2, 0.25) is 0 Å². The molecule has 0 aliphatic carbocycles. The second kappa shape index (κ2) is 12.0. The Morgan fingerprint density at radius 3 is 2.36 bits per heavy atom. The molecule has 1 saturated heterocycles. The molecule has 1 aliphatic rings. The minimum absolute atomic E-state index is 0. The summed E-state index contributed by atoms with van der Waals surface area (Å²) in [5.41, 5.74) is 4.68. The van der Waals surface area contributed by atoms with E-state index in [1.54, 1.807) is 12.4 Å². The van der Waals surface area contributed by atoms with Gasteiger partial charge in [-0.3, -0.25) is 4.68 Å². The van der Waals surface area contributed by atoms with Gasteiger partial charge in [0.15, 0.2) is 5.96 Å². The van der Waals surface area contributed by atoms with E-state index in [0.717, 1.165) is 56.9 Å². The van der Waals surface area contributed by atoms with Gasteiger partial charge < -0.3 is 15.1 Å². The number of aromatic nitrogens is 4. The number of hydrogen-bond donors (Lipinski definition) is 1. The first kappa shape index (κ1) is 24.9. The molecule has 3 aromatic rings. The molecule has 2 aromatic heterocycles. The normalized spacial score (nSPS) is 14.2. The van der Waals surface area contributed by atoms with E-state index in [9.17, 15) is 0 Å². The van der Waals surface area contributed by atoms with Crippen molar-refractivity contribution in [3.8, 4) is 0 Å². The molecular weight excluding hydrogens is 527 g/mol. The standard InChI is InChI=1S/C24H32N8.HI/c1-4-25-23(30-13-15-31(16-14-30)24-26-11-8-12-27-24)28-17-22-19(2)29-32(20(22)3)18-21-9-6-5-7-10-21;/h5-12H,4,13-18H2,1-3H3,(H,25,28);1H. The summed E-state index contributed by atoms with van der Waals surface area (Å²) in [6.07, 6.45) is 3.59. The third-order valence-electron chi connectivity index (χ3n) is 5.84. The van der Waals surface area contributed by atoms with Crippen LogP contribution >= 0.6 is 24.0 Å². The molecule has 1 N–H and O–H groups in total. The monoisotopic (exact) mass is 560 g/mol. The number of aliphatic imine (C=N–C) groups is 1. The summed E-state index contributed by atoms with van der Waals surface area (Å²) in [7, 11) is 0. The molecular formula is C24H33IN8. The zero-order valence-electron chi connectivity index (χ0n) is 19.6. The summed E-state index contributed by atoms with van der Waals surface area (Å²) in [5, 5.41) is 8.24. The number of piperazine rings is 1. The van der Waals surface area contributed by atoms with Crippen LogP contribution < -0.4 is 10.2 Å². The van der Waals surface area contributed by atoms with E-state index in [-0.39, 0.29) is 24.0 Å². The summed E-state index contributed by atoms with van der Waals surface area (Å²) in [6, 6.07) is 12.3. The summed E-state index contributed by atoms with van der Waals surface area (Å²) in [6.45, 7) is 12.1. The Bertz CT molecular complexity index is 1030. The molecule has 1 aromatic carbocycles. The molecule has 176 valence electrons. The van der Waals surface area contributed by atoms with Gasteiger partial charge in [0.1, 0.15) is 0 Å². The molecule has 0 unspecified atom stereocenters. The number of nitrogens with zero attached hydrogens (tertiary/aromatic N) is 7. The van der Waals surface area contributed by atoms with Gasteiger partial charge in [-0.2, -0.15) is 5.10 Å². The molecule has 3 heterocycles. The Balaban J connectivity index is 0.00000306. The van der Waals surface area contributed by atoms with Gasteiger partial charge in [0, 0.05) is 56.4 Å². The van der Waals surface area contributed by atoms with Gasteiger partial charge in [0.05, 0.1) is 18.8 Å². The summed E-state index contributed by atoms with van der Waals surface area (Å²) in [4.78, 5) is 18.3. The lowest BCUT2D eigenvalue weighted by atomic mass is 10.2. The molecule has 0 radical (unpaired) electrons. The third-order valence-corrected chi connectivity index (χ3v) is 5.84. The zero-order valence-corrected chi connectivity index (χ0v) is 21.9. The predicted molar refractivity (Wildman–Crippen MR) is 143 cm³/mol. The van der Waals surface area contributed by atoms with Crippen LogP contribution in [0.3, 0.4) is 0 Å². The van der Waals surface area contributed by atoms with Crippen molar-refractivity contribution in [2.45, 2.75) is 33.9 Å². The van der Waals surface area contributed by atoms with E-state index in [4.69, 9.17) is 10.1 Å². The summed E-state index contributed by atoms with van der Waals surface area (Å²) in [5.74, 6) is 1.75. The SMILES string of the molecule is CCNC(=NCc1c(C)nn(Cc2ccccc2)c1C)N1CCN(c2ncccn2)CC1.I. The van der Waals surface area contributed by atoms with Crippen LogP contribution in [-0.4, -0.2) is 63.3 Å². The lowest BCUT2D eigenvalue weighted by Gasteiger charge is -2.36. The fourth-order valence-electron chi connectivity index (χ4n) is 4.03. The van der Waals surface area contributed by atoms with Gasteiger partial charge in [0.25, 0.3) is 0 Å². The van der Waals surface area contributed by atoms with Crippen LogP contribution in [0.25, 0.3) is 0 Å². The molecule has 0 amide bonds. The average Bonchev–Trinajstić information content (AvgIpc) is 3.10. The third kappa shape index (κ3) is 6.21. The van der Waals surface area contributed by atoms with Gasteiger partial charge >= 0.3 is 0 Å². The van der Waals surface area contributed by atoms with Gasteiger partial charge in [-0.15, -0.1) is 24.0 Å². The van der Waals surface area contributed by atoms with Gasteiger partial charge in [-0.1, -0.05) is 30.3 Å². The first-order valence-electron chi connectivity index (χ1n) is 11.3. The average molecular weight is 560 g/mol. The maximum atomic E-state index is 4.98. The van der Waals surface area contributed by atoms with E-state index in [1.165, 1.54) is 16.8 Å². The number of rotatable bonds is 6. The Morgan fingerprint density at radius 1 is 1.00 bits per heavy atom. The van der Waals surface area contributed by atoms with E-state index in [0.29, 0.717) is 6.54 Å². The highest BCUT2D eigenvalue weighted by atomic mass is 127. The van der Waals surface area contributed by atoms with Crippen LogP contribution in [0.5, 0.6) is 0 Å². The van der Waals surface area contributed by atoms with E-state index in [2.05, 4.69) is 74.8 Å². The van der Waals surface area contributed by atoms with E-state index < -0.39 is 0 Å². The molecule has 1 fully saturated rings. The first-order valence-corrected chi connectivity index (χ1v) is 11.3. The van der Waals surface area contributed by atoms with Crippen molar-refractivity contribution >= 4 is 35.9 Å². The highest BCUT2D eigenvalue weighted by molar-refractivity contribution is 14.0. The number of guanidine groups is 1. The first-order chi connectivity index (χ1) is 15.7. The fourth-order valence-corrected chi connectivity index (χ4v) is 4.03. The van der Waals surface area contributed by atoms with Crippen molar-refractivity contribution in [3.05, 3.63) is 71.3 Å². The number of aryl methyl sites for hydroxylation is 1. The molecule has 33 heavy (non-hydrogen) atoms. The summed E-state index contributed by atoms with van der Waals surface area (Å²) < 4.78 is 2.08. The second-order valence-corrected chi connectivity index (χ2v) is 7.99. The van der Waals surface area contributed by atoms with Crippen molar-refractivity contribution < 1.29 is 0 Å². The minimum Gasteiger partial charge on any atom is -0.357 e. The lowest BCUT2D eigenvalue weighted by molar-refractivity contribution is 0.370. The van der Waals surface area contributed by atoms with Crippen LogP contribution in [0.15, 0.2) is 53.8 Å². The Labute approximate surface area is 213 Å². The Hall–Kier alpha value is -2.69. The number of benzene rings is 1. The van der Waals surface area contributed by atoms with Crippen LogP contribution in [-0.2, 0) is 13.1 Å². The van der Waals surface area contributed by atoms with Crippen LogP contribution in [0, 0.1) is 13.8 Å². The van der Waals surface area contributed by atoms with Crippen molar-refractivity contribution in [1.82, 2.24) is 30.0 Å². The Kier molecular flexibility index (Phi) is 9.04. The van der Waals surface area contributed by atoms with Gasteiger partial charge in [0.2, 0.25) is 5.95 Å². The topological polar surface area (TPSA) is 74.5 Å². The van der Waals surface area contributed by atoms with Crippen molar-refractivity contribution in [2.24, 2.45) is 4.99 Å². The second-order valence-electron chi connectivity index (χ2n) is 7.99. The molecule has 4 rings (SSSR count). The van der Waals surface area contributed by atoms with E-state index >= 15 is 0 Å². The highest BCUT2D eigenvalue weighted by Gasteiger charge is 2.21. The highest BCUT2D eigenvalue weighted by Crippen LogP contribution is 2.17. The van der Waals surface area contributed by atoms with Crippen molar-refractivity contribution in [2.75, 3.05) is 37.6 Å². The smallest absolute Gasteiger partial charge is 0.225 e. The minimum atomic E-state index is 0. The predicted octanol–water partition coefficient (Wildman–Crippen LogP) is 3.24. The van der Waals surface area contributed by atoms with Crippen LogP contribution in [0.4, 0.5) is 5.95 Å². The largest absolute Gasteiger partial charge is 0.357 e. The molecule has 0 spiro atoms. The zero-order chi connectivity index (χ0) is 22.3. The fraction of sp³-hybridized carbons (Fsp3) is 0.417. The van der Waals surface area contributed by atoms with Gasteiger partial charge in [-0.05, 0) is 32.4 Å². The number of nitrogens with one attached hydrogen (secondary N) is 1. The quantitative estimate of drug-likeness (QED) is 0.284. The Morgan fingerprint density at radius 2 is 1.70 bits per heavy atom. The molecule has 0 saturated carbocycles. The molecule has 0 bridgehead atoms. The lowest BCUT2D eigenvalue weighted by Crippen LogP contribution is -2.53. The number of halogens is 1. The maximum absolute atomic E-state index is 4.98. The van der Waals surface area contributed by atoms with Crippen molar-refractivity contribution in [1.29, 1.82) is 0 Å². The molecule has 9 heteroatoms. The van der Waals surface area contributed by atoms with Crippen LogP contribution in [0.1, 0.15) is 29.4 Å². The number of anilines is 1. The summed E-state index contributed by atoms with van der Waals surface area (Å²) >= 11 is 0. The van der Waals surface area contributed by atoms with E-state index in [1.807, 2.05) is 12.1 Å². The molecule has 0 atom stereocenters. The maximum Gasteiger partial charge on any atom is 0.225 e. The molecule has 1 aliphatic heterocycles.